The molecule has 0 saturated heterocycles. The Kier molecular flexibility index (Phi) is 28.6. The van der Waals surface area contributed by atoms with Crippen LogP contribution in [0, 0.1) is 5.82 Å². The number of rotatable bonds is 15. The highest BCUT2D eigenvalue weighted by molar-refractivity contribution is 9.10. The van der Waals surface area contributed by atoms with Gasteiger partial charge in [-0.2, -0.15) is 0 Å². The number of carbonyl (C=O) groups is 5. The third kappa shape index (κ3) is 22.1. The first-order valence-electron chi connectivity index (χ1n) is 33.3. The van der Waals surface area contributed by atoms with E-state index in [-0.39, 0.29) is 50.6 Å². The van der Waals surface area contributed by atoms with Gasteiger partial charge in [0.05, 0.1) is 0 Å². The van der Waals surface area contributed by atoms with Gasteiger partial charge in [-0.05, 0) is 204 Å². The molecular formula is C85H51Br4Cl3F2O20. The Hall–Kier alpha value is -11.8. The zero-order valence-corrected chi connectivity index (χ0v) is 66.9. The van der Waals surface area contributed by atoms with E-state index in [2.05, 4.69) is 63.7 Å². The number of ether oxygens (including phenoxy) is 5. The van der Waals surface area contributed by atoms with E-state index < -0.39 is 70.5 Å². The molecule has 5 aromatic heterocycles. The van der Waals surface area contributed by atoms with E-state index in [1.165, 1.54) is 84.9 Å². The van der Waals surface area contributed by atoms with Crippen molar-refractivity contribution in [2.45, 2.75) is 28.5 Å². The smallest absolute Gasteiger partial charge is 0.351 e. The molecule has 0 fully saturated rings. The van der Waals surface area contributed by atoms with Gasteiger partial charge in [-0.25, -0.2) is 56.7 Å². The SMILES string of the molecule is O=C(Oc1ccc(Cl)cc1)c1cc2cc(CF)ccc2oc1=O.O=C(Oc1cccc(Br)c1)c1cc2cc(CBr)ccc2oc1=O.O=C(Oc1cccc(Cl)c1)c1cc2cc(CBr)ccc2oc1=O.O=C(Oc1cccc(F)c1)c1cc2cc(CBr)ccc2oc1=O.O=C(Oc1ccccc1)c1cc2cc(CCl)ccc2oc1=O. The summed E-state index contributed by atoms with van der Waals surface area (Å²) in [6.45, 7) is -0.653. The molecule has 0 atom stereocenters. The summed E-state index contributed by atoms with van der Waals surface area (Å²) in [5.74, 6) is -3.00. The maximum absolute atomic E-state index is 13.1. The Bertz CT molecular complexity index is 6100. The molecule has 0 saturated carbocycles. The van der Waals surface area contributed by atoms with Crippen molar-refractivity contribution in [3.8, 4) is 28.7 Å². The fourth-order valence-electron chi connectivity index (χ4n) is 10.4. The van der Waals surface area contributed by atoms with Crippen LogP contribution >= 0.6 is 98.5 Å². The van der Waals surface area contributed by atoms with Crippen LogP contribution in [-0.2, 0) is 28.5 Å². The lowest BCUT2D eigenvalue weighted by Gasteiger charge is -2.05. The predicted molar refractivity (Wildman–Crippen MR) is 439 cm³/mol. The average Bonchev–Trinajstić information content (AvgIpc) is 0.822. The maximum atomic E-state index is 13.1. The summed E-state index contributed by atoms with van der Waals surface area (Å²) in [5, 5.41) is 5.88. The standard InChI is InChI=1S/C17H10Br2O4.C17H10BrClO4.C17H10BrFO4.C17H10ClFO4.C17H11ClO4/c3*18-9-10-4-5-15-11(6-10)7-14(17(21)23-15)16(20)22-13-3-1-2-12(19)8-13;18-12-2-4-13(5-3-12)22-16(20)14-8-11-7-10(9-19)1-6-15(11)23-17(14)21;18-10-11-6-7-15-12(8-11)9-14(17(20)22-15)16(19)21-13-4-2-1-3-5-13/h4*1-8H,9H2;1-9H,10H2. The highest BCUT2D eigenvalue weighted by atomic mass is 79.9. The highest BCUT2D eigenvalue weighted by Gasteiger charge is 2.22. The van der Waals surface area contributed by atoms with Crippen LogP contribution < -0.4 is 51.8 Å². The highest BCUT2D eigenvalue weighted by Crippen LogP contribution is 2.27. The Morgan fingerprint density at radius 3 is 0.974 bits per heavy atom. The van der Waals surface area contributed by atoms with Crippen molar-refractivity contribution >= 4 is 183 Å². The zero-order valence-electron chi connectivity index (χ0n) is 58.3. The molecule has 114 heavy (non-hydrogen) atoms. The topological polar surface area (TPSA) is 283 Å². The van der Waals surface area contributed by atoms with Crippen molar-refractivity contribution in [3.05, 3.63) is 377 Å². The number of benzene rings is 10. The lowest BCUT2D eigenvalue weighted by molar-refractivity contribution is 0.0720. The average molecular weight is 1860 g/mol. The van der Waals surface area contributed by atoms with E-state index in [4.69, 9.17) is 80.6 Å². The first-order valence-corrected chi connectivity index (χ1v) is 38.7. The molecule has 0 unspecified atom stereocenters. The van der Waals surface area contributed by atoms with E-state index in [9.17, 15) is 56.7 Å². The first kappa shape index (κ1) is 83.2. The monoisotopic (exact) mass is 1850 g/mol. The normalized spacial score (nSPS) is 10.7. The lowest BCUT2D eigenvalue weighted by Crippen LogP contribution is -2.18. The van der Waals surface area contributed by atoms with Gasteiger partial charge in [0.25, 0.3) is 0 Å². The predicted octanol–water partition coefficient (Wildman–Crippen LogP) is 21.2. The molecule has 10 aromatic carbocycles. The van der Waals surface area contributed by atoms with Crippen LogP contribution in [0.4, 0.5) is 8.78 Å². The minimum atomic E-state index is -0.893. The quantitative estimate of drug-likeness (QED) is 0.0399. The van der Waals surface area contributed by atoms with Crippen LogP contribution in [0.2, 0.25) is 10.0 Å². The van der Waals surface area contributed by atoms with Crippen molar-refractivity contribution in [2.75, 3.05) is 0 Å². The van der Waals surface area contributed by atoms with Gasteiger partial charge in [0.15, 0.2) is 0 Å². The van der Waals surface area contributed by atoms with E-state index in [0.29, 0.717) is 98.2 Å². The third-order valence-corrected chi connectivity index (χ3v) is 19.1. The summed E-state index contributed by atoms with van der Waals surface area (Å²) >= 11 is 30.7. The van der Waals surface area contributed by atoms with Gasteiger partial charge in [-0.1, -0.05) is 154 Å². The van der Waals surface area contributed by atoms with Crippen molar-refractivity contribution in [1.29, 1.82) is 0 Å². The van der Waals surface area contributed by atoms with Crippen molar-refractivity contribution in [2.24, 2.45) is 0 Å². The van der Waals surface area contributed by atoms with Gasteiger partial charge in [0.2, 0.25) is 0 Å². The molecule has 0 radical (unpaired) electrons. The van der Waals surface area contributed by atoms with E-state index in [1.807, 2.05) is 36.4 Å². The van der Waals surface area contributed by atoms with E-state index in [0.717, 1.165) is 32.8 Å². The Balaban J connectivity index is 0.000000141. The number of para-hydroxylation sites is 1. The Morgan fingerprint density at radius 2 is 0.623 bits per heavy atom. The van der Waals surface area contributed by atoms with Crippen LogP contribution in [0.5, 0.6) is 28.7 Å². The van der Waals surface area contributed by atoms with Crippen LogP contribution in [0.3, 0.4) is 0 Å². The lowest BCUT2D eigenvalue weighted by atomic mass is 10.1. The number of halogens is 9. The van der Waals surface area contributed by atoms with Crippen molar-refractivity contribution in [1.82, 2.24) is 0 Å². The number of hydrogen-bond acceptors (Lipinski definition) is 20. The molecule has 0 N–H and O–H groups in total. The largest absolute Gasteiger partial charge is 0.423 e. The second-order valence-electron chi connectivity index (χ2n) is 23.9. The van der Waals surface area contributed by atoms with Crippen LogP contribution in [-0.4, -0.2) is 29.8 Å². The number of alkyl halides is 5. The summed E-state index contributed by atoms with van der Waals surface area (Å²) in [6, 6.07) is 65.9. The van der Waals surface area contributed by atoms with Gasteiger partial charge in [0, 0.05) is 69.4 Å². The molecular weight excluding hydrogens is 1800 g/mol. The van der Waals surface area contributed by atoms with Gasteiger partial charge >= 0.3 is 58.0 Å². The summed E-state index contributed by atoms with van der Waals surface area (Å²) in [5.41, 5.74) is 1.41. The molecule has 0 aliphatic rings. The summed E-state index contributed by atoms with van der Waals surface area (Å²) in [4.78, 5) is 121. The van der Waals surface area contributed by atoms with Crippen LogP contribution in [0.25, 0.3) is 54.8 Å². The minimum absolute atomic E-state index is 0.0173. The first-order chi connectivity index (χ1) is 54.9. The summed E-state index contributed by atoms with van der Waals surface area (Å²) in [6.07, 6.45) is 0. The number of carbonyl (C=O) groups excluding carboxylic acids is 5. The molecule has 5 heterocycles. The fraction of sp³-hybridized carbons (Fsp3) is 0.0588. The molecule has 0 aliphatic heterocycles. The number of fused-ring (bicyclic) bond motifs is 5. The molecule has 574 valence electrons. The third-order valence-electron chi connectivity index (χ3n) is 15.9. The Morgan fingerprint density at radius 1 is 0.316 bits per heavy atom. The van der Waals surface area contributed by atoms with Gasteiger partial charge in [-0.3, -0.25) is 0 Å². The van der Waals surface area contributed by atoms with Crippen molar-refractivity contribution < 1.29 is 78.5 Å². The second kappa shape index (κ2) is 39.1. The van der Waals surface area contributed by atoms with E-state index >= 15 is 0 Å². The molecule has 0 aliphatic carbocycles. The van der Waals surface area contributed by atoms with Gasteiger partial charge in [-0.15, -0.1) is 11.6 Å². The second-order valence-corrected chi connectivity index (χ2v) is 27.6. The molecule has 29 heteroatoms. The van der Waals surface area contributed by atoms with Gasteiger partial charge < -0.3 is 45.8 Å². The summed E-state index contributed by atoms with van der Waals surface area (Å²) < 4.78 is 78.0. The molecule has 20 nitrogen and oxygen atoms in total. The molecule has 15 aromatic rings. The Labute approximate surface area is 690 Å². The molecule has 0 amide bonds. The molecule has 0 spiro atoms. The van der Waals surface area contributed by atoms with Crippen LogP contribution in [0.15, 0.2) is 299 Å². The van der Waals surface area contributed by atoms with Gasteiger partial charge in [0.1, 0.15) is 97.0 Å². The molecule has 15 rings (SSSR count). The van der Waals surface area contributed by atoms with E-state index in [1.54, 1.807) is 121 Å². The minimum Gasteiger partial charge on any atom is -0.423 e. The number of esters is 5. The van der Waals surface area contributed by atoms with Crippen LogP contribution in [0.1, 0.15) is 79.6 Å². The fourth-order valence-corrected chi connectivity index (χ4v) is 12.3. The van der Waals surface area contributed by atoms with Crippen molar-refractivity contribution in [3.63, 3.8) is 0 Å². The summed E-state index contributed by atoms with van der Waals surface area (Å²) in [7, 11) is 0. The maximum Gasteiger partial charge on any atom is 0.351 e. The zero-order chi connectivity index (χ0) is 81.1. The molecule has 0 bridgehead atoms. The number of hydrogen-bond donors (Lipinski definition) is 0.